The Hall–Kier alpha value is -2.60. The molecular formula is C23H20ClN3OS. The lowest BCUT2D eigenvalue weighted by Crippen LogP contribution is -2.06. The van der Waals surface area contributed by atoms with E-state index in [4.69, 9.17) is 11.6 Å². The van der Waals surface area contributed by atoms with Crippen molar-refractivity contribution in [2.24, 2.45) is 0 Å². The Kier molecular flexibility index (Phi) is 6.30. The van der Waals surface area contributed by atoms with Gasteiger partial charge in [-0.05, 0) is 29.3 Å². The van der Waals surface area contributed by atoms with E-state index in [0.29, 0.717) is 17.2 Å². The van der Waals surface area contributed by atoms with E-state index in [2.05, 4.69) is 26.9 Å². The number of rotatable bonds is 7. The van der Waals surface area contributed by atoms with Crippen molar-refractivity contribution in [1.29, 1.82) is 0 Å². The molecule has 3 aromatic carbocycles. The van der Waals surface area contributed by atoms with Crippen LogP contribution < -0.4 is 0 Å². The highest BCUT2D eigenvalue weighted by Crippen LogP contribution is 2.30. The highest BCUT2D eigenvalue weighted by atomic mass is 35.5. The van der Waals surface area contributed by atoms with Crippen LogP contribution in [-0.4, -0.2) is 25.6 Å². The van der Waals surface area contributed by atoms with Crippen LogP contribution in [0.25, 0.3) is 5.69 Å². The number of hydrogen-bond acceptors (Lipinski definition) is 4. The fourth-order valence-corrected chi connectivity index (χ4v) is 4.30. The Morgan fingerprint density at radius 2 is 1.52 bits per heavy atom. The average molecular weight is 422 g/mol. The van der Waals surface area contributed by atoms with Gasteiger partial charge in [0.25, 0.3) is 0 Å². The molecule has 1 atom stereocenters. The minimum atomic E-state index is -0.688. The van der Waals surface area contributed by atoms with Crippen molar-refractivity contribution in [3.8, 4) is 5.69 Å². The van der Waals surface area contributed by atoms with Crippen LogP contribution >= 0.6 is 23.4 Å². The second kappa shape index (κ2) is 9.27. The van der Waals surface area contributed by atoms with Crippen molar-refractivity contribution in [2.45, 2.75) is 17.7 Å². The molecule has 0 aliphatic carbocycles. The maximum absolute atomic E-state index is 10.6. The molecule has 4 aromatic rings. The monoisotopic (exact) mass is 421 g/mol. The lowest BCUT2D eigenvalue weighted by molar-refractivity contribution is 0.204. The summed E-state index contributed by atoms with van der Waals surface area (Å²) in [5.41, 5.74) is 2.89. The van der Waals surface area contributed by atoms with E-state index in [0.717, 1.165) is 22.2 Å². The lowest BCUT2D eigenvalue weighted by atomic mass is 10.1. The van der Waals surface area contributed by atoms with Crippen LogP contribution in [0.3, 0.4) is 0 Å². The fraction of sp³-hybridized carbons (Fsp3) is 0.130. The zero-order chi connectivity index (χ0) is 20.1. The molecule has 0 radical (unpaired) electrons. The van der Waals surface area contributed by atoms with Crippen LogP contribution in [0.1, 0.15) is 23.1 Å². The molecule has 0 amide bonds. The predicted molar refractivity (Wildman–Crippen MR) is 118 cm³/mol. The first-order valence-electron chi connectivity index (χ1n) is 9.31. The molecule has 6 heteroatoms. The van der Waals surface area contributed by atoms with E-state index >= 15 is 0 Å². The summed E-state index contributed by atoms with van der Waals surface area (Å²) >= 11 is 7.69. The fourth-order valence-electron chi connectivity index (χ4n) is 3.11. The standard InChI is InChI=1S/C23H20ClN3OS/c24-20-14-8-7-13-19(20)21(28)16-29-23-26-25-22(15-17-9-3-1-4-10-17)27(23)18-11-5-2-6-12-18/h1-14,21,28H,15-16H2. The van der Waals surface area contributed by atoms with Gasteiger partial charge in [-0.2, -0.15) is 0 Å². The summed E-state index contributed by atoms with van der Waals surface area (Å²) in [5, 5.41) is 20.8. The Morgan fingerprint density at radius 3 is 2.24 bits per heavy atom. The zero-order valence-electron chi connectivity index (χ0n) is 15.6. The minimum absolute atomic E-state index is 0.431. The summed E-state index contributed by atoms with van der Waals surface area (Å²) in [6.07, 6.45) is -0.0108. The largest absolute Gasteiger partial charge is 0.387 e. The van der Waals surface area contributed by atoms with Gasteiger partial charge in [0.1, 0.15) is 5.82 Å². The van der Waals surface area contributed by atoms with Crippen molar-refractivity contribution in [1.82, 2.24) is 14.8 Å². The summed E-state index contributed by atoms with van der Waals surface area (Å²) in [6.45, 7) is 0. The molecule has 0 aliphatic heterocycles. The Balaban J connectivity index is 1.60. The molecule has 0 aliphatic rings. The van der Waals surface area contributed by atoms with Gasteiger partial charge in [0.05, 0.1) is 6.10 Å². The topological polar surface area (TPSA) is 50.9 Å². The molecule has 1 aromatic heterocycles. The maximum Gasteiger partial charge on any atom is 0.195 e. The van der Waals surface area contributed by atoms with Crippen molar-refractivity contribution in [3.63, 3.8) is 0 Å². The number of hydrogen-bond donors (Lipinski definition) is 1. The molecule has 29 heavy (non-hydrogen) atoms. The molecule has 1 heterocycles. The molecule has 4 rings (SSSR count). The van der Waals surface area contributed by atoms with Gasteiger partial charge in [0.2, 0.25) is 0 Å². The van der Waals surface area contributed by atoms with Crippen LogP contribution in [0.2, 0.25) is 5.02 Å². The number of aliphatic hydroxyl groups excluding tert-OH is 1. The second-order valence-corrected chi connectivity index (χ2v) is 7.97. The summed E-state index contributed by atoms with van der Waals surface area (Å²) < 4.78 is 2.05. The van der Waals surface area contributed by atoms with Gasteiger partial charge in [0, 0.05) is 22.9 Å². The highest BCUT2D eigenvalue weighted by molar-refractivity contribution is 7.99. The van der Waals surface area contributed by atoms with Gasteiger partial charge >= 0.3 is 0 Å². The second-order valence-electron chi connectivity index (χ2n) is 6.58. The molecule has 4 nitrogen and oxygen atoms in total. The summed E-state index contributed by atoms with van der Waals surface area (Å²) in [4.78, 5) is 0. The van der Waals surface area contributed by atoms with Crippen LogP contribution in [0.4, 0.5) is 0 Å². The molecular weight excluding hydrogens is 402 g/mol. The van der Waals surface area contributed by atoms with E-state index in [1.54, 1.807) is 6.07 Å². The number of para-hydroxylation sites is 1. The van der Waals surface area contributed by atoms with Crippen molar-refractivity contribution in [2.75, 3.05) is 5.75 Å². The average Bonchev–Trinajstić information content (AvgIpc) is 3.16. The number of aliphatic hydroxyl groups is 1. The Labute approximate surface area is 179 Å². The molecule has 0 fully saturated rings. The molecule has 1 unspecified atom stereocenters. The van der Waals surface area contributed by atoms with Crippen molar-refractivity contribution >= 4 is 23.4 Å². The third-order valence-electron chi connectivity index (χ3n) is 4.55. The first-order chi connectivity index (χ1) is 14.2. The SMILES string of the molecule is OC(CSc1nnc(Cc2ccccc2)n1-c1ccccc1)c1ccccc1Cl. The Bertz CT molecular complexity index is 1070. The quantitative estimate of drug-likeness (QED) is 0.409. The van der Waals surface area contributed by atoms with E-state index < -0.39 is 6.10 Å². The molecule has 146 valence electrons. The van der Waals surface area contributed by atoms with E-state index in [1.807, 2.05) is 66.7 Å². The van der Waals surface area contributed by atoms with Crippen LogP contribution in [0, 0.1) is 0 Å². The van der Waals surface area contributed by atoms with Gasteiger partial charge in [0.15, 0.2) is 5.16 Å². The third kappa shape index (κ3) is 4.70. The van der Waals surface area contributed by atoms with Crippen molar-refractivity contribution < 1.29 is 5.11 Å². The first kappa shape index (κ1) is 19.7. The normalized spacial score (nSPS) is 12.1. The molecule has 0 saturated heterocycles. The molecule has 0 saturated carbocycles. The van der Waals surface area contributed by atoms with Gasteiger partial charge in [-0.15, -0.1) is 10.2 Å². The highest BCUT2D eigenvalue weighted by Gasteiger charge is 2.18. The van der Waals surface area contributed by atoms with E-state index in [1.165, 1.54) is 17.3 Å². The summed E-state index contributed by atoms with van der Waals surface area (Å²) in [6, 6.07) is 27.6. The summed E-state index contributed by atoms with van der Waals surface area (Å²) in [7, 11) is 0. The van der Waals surface area contributed by atoms with Crippen LogP contribution in [-0.2, 0) is 6.42 Å². The van der Waals surface area contributed by atoms with Gasteiger partial charge in [-0.1, -0.05) is 90.1 Å². The first-order valence-corrected chi connectivity index (χ1v) is 10.7. The van der Waals surface area contributed by atoms with Gasteiger partial charge in [-0.25, -0.2) is 0 Å². The van der Waals surface area contributed by atoms with Gasteiger partial charge < -0.3 is 5.11 Å². The Morgan fingerprint density at radius 1 is 0.862 bits per heavy atom. The number of halogens is 1. The van der Waals surface area contributed by atoms with E-state index in [9.17, 15) is 5.11 Å². The summed E-state index contributed by atoms with van der Waals surface area (Å²) in [5.74, 6) is 1.29. The lowest BCUT2D eigenvalue weighted by Gasteiger charge is -2.13. The number of thioether (sulfide) groups is 1. The zero-order valence-corrected chi connectivity index (χ0v) is 17.2. The third-order valence-corrected chi connectivity index (χ3v) is 5.90. The molecule has 0 spiro atoms. The number of nitrogens with zero attached hydrogens (tertiary/aromatic N) is 3. The smallest absolute Gasteiger partial charge is 0.195 e. The van der Waals surface area contributed by atoms with Crippen LogP contribution in [0.5, 0.6) is 0 Å². The number of benzene rings is 3. The molecule has 0 bridgehead atoms. The van der Waals surface area contributed by atoms with Crippen molar-refractivity contribution in [3.05, 3.63) is 107 Å². The predicted octanol–water partition coefficient (Wildman–Crippen LogP) is 5.34. The van der Waals surface area contributed by atoms with Gasteiger partial charge in [-0.3, -0.25) is 4.57 Å². The molecule has 1 N–H and O–H groups in total. The minimum Gasteiger partial charge on any atom is -0.387 e. The maximum atomic E-state index is 10.6. The number of aromatic nitrogens is 3. The van der Waals surface area contributed by atoms with Crippen LogP contribution in [0.15, 0.2) is 90.1 Å². The van der Waals surface area contributed by atoms with E-state index in [-0.39, 0.29) is 0 Å².